The summed E-state index contributed by atoms with van der Waals surface area (Å²) in [5.74, 6) is -0.623. The van der Waals surface area contributed by atoms with Crippen LogP contribution < -0.4 is 0 Å². The van der Waals surface area contributed by atoms with Crippen LogP contribution >= 0.6 is 0 Å². The van der Waals surface area contributed by atoms with E-state index in [1.165, 1.54) is 12.1 Å². The number of benzene rings is 1. The van der Waals surface area contributed by atoms with E-state index in [0.717, 1.165) is 5.56 Å². The Kier molecular flexibility index (Phi) is 6.69. The minimum absolute atomic E-state index is 0.0130. The second kappa shape index (κ2) is 8.79. The highest BCUT2D eigenvalue weighted by Gasteiger charge is 2.24. The minimum Gasteiger partial charge on any atom is -0.462 e. The number of rotatable bonds is 8. The zero-order chi connectivity index (χ0) is 21.0. The van der Waals surface area contributed by atoms with Gasteiger partial charge >= 0.3 is 5.97 Å². The van der Waals surface area contributed by atoms with E-state index in [1.54, 1.807) is 44.9 Å². The Morgan fingerprint density at radius 1 is 1.32 bits per heavy atom. The summed E-state index contributed by atoms with van der Waals surface area (Å²) in [7, 11) is 1.78. The molecule has 2 rings (SSSR count). The number of ether oxygens (including phenoxy) is 1. The van der Waals surface area contributed by atoms with Gasteiger partial charge in [-0.1, -0.05) is 12.1 Å². The molecule has 0 saturated carbocycles. The molecule has 1 unspecified atom stereocenters. The summed E-state index contributed by atoms with van der Waals surface area (Å²) in [6.07, 6.45) is 0. The van der Waals surface area contributed by atoms with Gasteiger partial charge in [-0.2, -0.15) is 0 Å². The molecule has 0 aliphatic rings. The van der Waals surface area contributed by atoms with Crippen LogP contribution in [0.5, 0.6) is 0 Å². The number of Topliss-reactive ketones (excluding diaryl/α,β-unsaturated/α-hetero) is 1. The first-order valence-corrected chi connectivity index (χ1v) is 9.01. The van der Waals surface area contributed by atoms with Gasteiger partial charge in [0, 0.05) is 23.9 Å². The SMILES string of the molecule is CCOC(=O)c1c(C)[nH]c(C(=O)CN(C)C(C)c2cccc([N+](=O)[O-])c2)c1C. The molecule has 8 heteroatoms. The Balaban J connectivity index is 2.18. The Bertz CT molecular complexity index is 903. The van der Waals surface area contributed by atoms with Crippen molar-refractivity contribution in [2.24, 2.45) is 0 Å². The largest absolute Gasteiger partial charge is 0.462 e. The van der Waals surface area contributed by atoms with Gasteiger partial charge in [0.1, 0.15) is 0 Å². The smallest absolute Gasteiger partial charge is 0.340 e. The number of hydrogen-bond acceptors (Lipinski definition) is 6. The highest BCUT2D eigenvalue weighted by molar-refractivity contribution is 6.02. The third-order valence-electron chi connectivity index (χ3n) is 4.81. The summed E-state index contributed by atoms with van der Waals surface area (Å²) in [5.41, 5.74) is 2.68. The number of ketones is 1. The molecule has 0 aliphatic carbocycles. The van der Waals surface area contributed by atoms with Gasteiger partial charge in [0.2, 0.25) is 0 Å². The number of carbonyl (C=O) groups is 2. The van der Waals surface area contributed by atoms with Gasteiger partial charge in [0.25, 0.3) is 5.69 Å². The van der Waals surface area contributed by atoms with Gasteiger partial charge < -0.3 is 9.72 Å². The summed E-state index contributed by atoms with van der Waals surface area (Å²) >= 11 is 0. The van der Waals surface area contributed by atoms with E-state index < -0.39 is 10.9 Å². The van der Waals surface area contributed by atoms with E-state index in [2.05, 4.69) is 4.98 Å². The van der Waals surface area contributed by atoms with Crippen LogP contribution in [0.1, 0.15) is 57.6 Å². The summed E-state index contributed by atoms with van der Waals surface area (Å²) in [6, 6.07) is 6.16. The molecule has 0 aliphatic heterocycles. The highest BCUT2D eigenvalue weighted by atomic mass is 16.6. The van der Waals surface area contributed by atoms with Gasteiger partial charge in [-0.3, -0.25) is 19.8 Å². The van der Waals surface area contributed by atoms with Gasteiger partial charge in [-0.05, 0) is 45.9 Å². The quantitative estimate of drug-likeness (QED) is 0.321. The number of non-ortho nitro benzene ring substituents is 1. The molecule has 0 bridgehead atoms. The molecule has 1 aromatic carbocycles. The van der Waals surface area contributed by atoms with Crippen LogP contribution in [0.3, 0.4) is 0 Å². The van der Waals surface area contributed by atoms with Crippen molar-refractivity contribution in [3.63, 3.8) is 0 Å². The summed E-state index contributed by atoms with van der Waals surface area (Å²) in [5, 5.41) is 11.0. The number of hydrogen-bond donors (Lipinski definition) is 1. The number of aromatic nitrogens is 1. The fourth-order valence-corrected chi connectivity index (χ4v) is 3.13. The average Bonchev–Trinajstić information content (AvgIpc) is 2.95. The van der Waals surface area contributed by atoms with Crippen LogP contribution in [0, 0.1) is 24.0 Å². The van der Waals surface area contributed by atoms with E-state index in [-0.39, 0.29) is 30.7 Å². The van der Waals surface area contributed by atoms with E-state index in [4.69, 9.17) is 4.74 Å². The number of nitro benzene ring substituents is 1. The molecular weight excluding hydrogens is 362 g/mol. The topological polar surface area (TPSA) is 106 Å². The molecule has 0 radical (unpaired) electrons. The van der Waals surface area contributed by atoms with E-state index in [0.29, 0.717) is 22.5 Å². The van der Waals surface area contributed by atoms with Crippen molar-refractivity contribution in [1.29, 1.82) is 0 Å². The summed E-state index contributed by atoms with van der Waals surface area (Å²) < 4.78 is 5.05. The number of nitrogens with one attached hydrogen (secondary N) is 1. The maximum Gasteiger partial charge on any atom is 0.340 e. The van der Waals surface area contributed by atoms with Gasteiger partial charge in [-0.25, -0.2) is 4.79 Å². The highest BCUT2D eigenvalue weighted by Crippen LogP contribution is 2.24. The van der Waals surface area contributed by atoms with E-state index >= 15 is 0 Å². The zero-order valence-corrected chi connectivity index (χ0v) is 16.7. The number of H-pyrrole nitrogens is 1. The van der Waals surface area contributed by atoms with Crippen molar-refractivity contribution in [3.05, 3.63) is 62.5 Å². The first-order valence-electron chi connectivity index (χ1n) is 9.01. The lowest BCUT2D eigenvalue weighted by molar-refractivity contribution is -0.384. The molecular formula is C20H25N3O5. The van der Waals surface area contributed by atoms with Gasteiger partial charge in [0.15, 0.2) is 5.78 Å². The van der Waals surface area contributed by atoms with Crippen molar-refractivity contribution in [2.75, 3.05) is 20.2 Å². The average molecular weight is 387 g/mol. The molecule has 2 aromatic rings. The van der Waals surface area contributed by atoms with Crippen molar-refractivity contribution >= 4 is 17.4 Å². The van der Waals surface area contributed by atoms with Crippen LogP contribution in [0.25, 0.3) is 0 Å². The number of nitrogens with zero attached hydrogens (tertiary/aromatic N) is 2. The first kappa shape index (κ1) is 21.3. The van der Waals surface area contributed by atoms with Crippen LogP contribution in [-0.2, 0) is 4.74 Å². The predicted molar refractivity (Wildman–Crippen MR) is 105 cm³/mol. The first-order chi connectivity index (χ1) is 13.2. The molecule has 0 saturated heterocycles. The van der Waals surface area contributed by atoms with Crippen LogP contribution in [-0.4, -0.2) is 46.8 Å². The van der Waals surface area contributed by atoms with Crippen molar-refractivity contribution < 1.29 is 19.2 Å². The fourth-order valence-electron chi connectivity index (χ4n) is 3.13. The molecule has 0 amide bonds. The molecule has 1 aromatic heterocycles. The van der Waals surface area contributed by atoms with E-state index in [1.807, 2.05) is 6.92 Å². The molecule has 0 spiro atoms. The number of aryl methyl sites for hydroxylation is 1. The molecule has 8 nitrogen and oxygen atoms in total. The predicted octanol–water partition coefficient (Wildman–Crippen LogP) is 3.59. The fraction of sp³-hybridized carbons (Fsp3) is 0.400. The lowest BCUT2D eigenvalue weighted by Gasteiger charge is -2.24. The Labute approximate surface area is 163 Å². The van der Waals surface area contributed by atoms with Gasteiger partial charge in [-0.15, -0.1) is 0 Å². The second-order valence-corrected chi connectivity index (χ2v) is 6.71. The summed E-state index contributed by atoms with van der Waals surface area (Å²) in [4.78, 5) is 40.2. The maximum absolute atomic E-state index is 12.8. The number of carbonyl (C=O) groups excluding carboxylic acids is 2. The molecule has 28 heavy (non-hydrogen) atoms. The number of nitro groups is 1. The van der Waals surface area contributed by atoms with Gasteiger partial charge in [0.05, 0.1) is 29.3 Å². The summed E-state index contributed by atoms with van der Waals surface area (Å²) in [6.45, 7) is 7.40. The van der Waals surface area contributed by atoms with Crippen LogP contribution in [0.15, 0.2) is 24.3 Å². The van der Waals surface area contributed by atoms with Crippen molar-refractivity contribution in [2.45, 2.75) is 33.7 Å². The molecule has 0 fully saturated rings. The third kappa shape index (κ3) is 4.45. The molecule has 1 N–H and O–H groups in total. The minimum atomic E-state index is -0.453. The lowest BCUT2D eigenvalue weighted by Crippen LogP contribution is -2.29. The monoisotopic (exact) mass is 387 g/mol. The normalized spacial score (nSPS) is 12.1. The van der Waals surface area contributed by atoms with Crippen molar-refractivity contribution in [3.8, 4) is 0 Å². The third-order valence-corrected chi connectivity index (χ3v) is 4.81. The maximum atomic E-state index is 12.8. The number of aromatic amines is 1. The molecule has 1 heterocycles. The molecule has 1 atom stereocenters. The Hall–Kier alpha value is -3.00. The van der Waals surface area contributed by atoms with Crippen LogP contribution in [0.2, 0.25) is 0 Å². The zero-order valence-electron chi connectivity index (χ0n) is 16.7. The van der Waals surface area contributed by atoms with Crippen molar-refractivity contribution in [1.82, 2.24) is 9.88 Å². The second-order valence-electron chi connectivity index (χ2n) is 6.71. The molecule has 150 valence electrons. The van der Waals surface area contributed by atoms with E-state index in [9.17, 15) is 19.7 Å². The Morgan fingerprint density at radius 2 is 2.00 bits per heavy atom. The number of likely N-dealkylation sites (N-methyl/N-ethyl adjacent to an activating group) is 1. The lowest BCUT2D eigenvalue weighted by atomic mass is 10.0. The van der Waals surface area contributed by atoms with Crippen LogP contribution in [0.4, 0.5) is 5.69 Å². The number of esters is 1. The Morgan fingerprint density at radius 3 is 2.61 bits per heavy atom. The standard InChI is InChI=1S/C20H25N3O5/c1-6-28-20(25)18-12(2)19(21-13(18)3)17(24)11-22(5)14(4)15-8-7-9-16(10-15)23(26)27/h7-10,14,21H,6,11H2,1-5H3.